The Kier molecular flexibility index (Phi) is 4.43. The molecule has 0 aliphatic heterocycles. The Morgan fingerprint density at radius 3 is 2.72 bits per heavy atom. The Morgan fingerprint density at radius 1 is 1.56 bits per heavy atom. The van der Waals surface area contributed by atoms with E-state index in [1.807, 2.05) is 20.8 Å². The standard InChI is InChI=1S/C11H18N4O3/c1-4-18-11(2,3)7-13-9-6-5-8(15(16)17)10(12)14-9/h5-6H,4,7H2,1-3H3,(H3,12,13,14). The fraction of sp³-hybridized carbons (Fsp3) is 0.545. The minimum Gasteiger partial charge on any atom is -0.378 e. The average molecular weight is 254 g/mol. The largest absolute Gasteiger partial charge is 0.378 e. The van der Waals surface area contributed by atoms with Gasteiger partial charge < -0.3 is 15.8 Å². The van der Waals surface area contributed by atoms with Crippen LogP contribution < -0.4 is 11.1 Å². The minimum absolute atomic E-state index is 0.0979. The minimum atomic E-state index is -0.559. The van der Waals surface area contributed by atoms with Crippen molar-refractivity contribution in [1.29, 1.82) is 0 Å². The molecule has 18 heavy (non-hydrogen) atoms. The van der Waals surface area contributed by atoms with Crippen LogP contribution in [-0.4, -0.2) is 28.7 Å². The van der Waals surface area contributed by atoms with Gasteiger partial charge in [-0.05, 0) is 26.8 Å². The molecule has 100 valence electrons. The third-order valence-electron chi connectivity index (χ3n) is 2.33. The molecule has 0 saturated carbocycles. The van der Waals surface area contributed by atoms with Crippen LogP contribution >= 0.6 is 0 Å². The number of nitrogens with two attached hydrogens (primary N) is 1. The summed E-state index contributed by atoms with van der Waals surface area (Å²) in [4.78, 5) is 13.9. The van der Waals surface area contributed by atoms with Crippen LogP contribution in [0.4, 0.5) is 17.3 Å². The van der Waals surface area contributed by atoms with Crippen molar-refractivity contribution in [3.05, 3.63) is 22.2 Å². The number of nitrogens with zero attached hydrogens (tertiary/aromatic N) is 2. The van der Waals surface area contributed by atoms with Gasteiger partial charge in [0.15, 0.2) is 0 Å². The highest BCUT2D eigenvalue weighted by Gasteiger charge is 2.18. The van der Waals surface area contributed by atoms with Gasteiger partial charge in [-0.3, -0.25) is 10.1 Å². The van der Waals surface area contributed by atoms with E-state index in [1.54, 1.807) is 0 Å². The molecule has 7 nitrogen and oxygen atoms in total. The van der Waals surface area contributed by atoms with Gasteiger partial charge in [0.05, 0.1) is 10.5 Å². The summed E-state index contributed by atoms with van der Waals surface area (Å²) in [5.41, 5.74) is 4.97. The first-order valence-electron chi connectivity index (χ1n) is 5.64. The van der Waals surface area contributed by atoms with Gasteiger partial charge in [-0.25, -0.2) is 4.98 Å². The lowest BCUT2D eigenvalue weighted by molar-refractivity contribution is -0.384. The normalized spacial score (nSPS) is 11.3. The summed E-state index contributed by atoms with van der Waals surface area (Å²) in [6, 6.07) is 2.86. The Bertz CT molecular complexity index is 434. The third kappa shape index (κ3) is 3.85. The van der Waals surface area contributed by atoms with Crippen molar-refractivity contribution in [1.82, 2.24) is 4.98 Å². The van der Waals surface area contributed by atoms with Crippen LogP contribution in [0.5, 0.6) is 0 Å². The maximum atomic E-state index is 10.6. The van der Waals surface area contributed by atoms with Gasteiger partial charge in [0, 0.05) is 19.2 Å². The summed E-state index contributed by atoms with van der Waals surface area (Å²) in [5, 5.41) is 13.6. The highest BCUT2D eigenvalue weighted by molar-refractivity contribution is 5.57. The van der Waals surface area contributed by atoms with Crippen molar-refractivity contribution in [3.8, 4) is 0 Å². The molecule has 7 heteroatoms. The Balaban J connectivity index is 2.70. The lowest BCUT2D eigenvalue weighted by atomic mass is 10.1. The molecule has 0 aliphatic rings. The number of ether oxygens (including phenoxy) is 1. The smallest absolute Gasteiger partial charge is 0.311 e. The second-order valence-electron chi connectivity index (χ2n) is 4.40. The van der Waals surface area contributed by atoms with E-state index in [9.17, 15) is 10.1 Å². The summed E-state index contributed by atoms with van der Waals surface area (Å²) < 4.78 is 5.51. The van der Waals surface area contributed by atoms with Gasteiger partial charge in [-0.15, -0.1) is 0 Å². The van der Waals surface area contributed by atoms with Crippen LogP contribution in [0.3, 0.4) is 0 Å². The quantitative estimate of drug-likeness (QED) is 0.592. The number of anilines is 2. The van der Waals surface area contributed by atoms with E-state index in [0.717, 1.165) is 0 Å². The number of hydrogen-bond acceptors (Lipinski definition) is 6. The summed E-state index contributed by atoms with van der Waals surface area (Å²) >= 11 is 0. The lowest BCUT2D eigenvalue weighted by Crippen LogP contribution is -2.33. The second kappa shape index (κ2) is 5.63. The number of hydrogen-bond donors (Lipinski definition) is 2. The van der Waals surface area contributed by atoms with E-state index in [0.29, 0.717) is 19.0 Å². The van der Waals surface area contributed by atoms with Gasteiger partial charge in [-0.1, -0.05) is 0 Å². The molecule has 0 aliphatic carbocycles. The van der Waals surface area contributed by atoms with Gasteiger partial charge in [0.1, 0.15) is 5.82 Å². The highest BCUT2D eigenvalue weighted by atomic mass is 16.6. The molecule has 3 N–H and O–H groups in total. The Hall–Kier alpha value is -1.89. The summed E-state index contributed by atoms with van der Waals surface area (Å²) in [6.07, 6.45) is 0. The van der Waals surface area contributed by atoms with Gasteiger partial charge in [0.25, 0.3) is 0 Å². The first-order chi connectivity index (χ1) is 8.35. The molecular weight excluding hydrogens is 236 g/mol. The molecule has 1 rings (SSSR count). The molecule has 0 amide bonds. The molecule has 0 unspecified atom stereocenters. The maximum Gasteiger partial charge on any atom is 0.311 e. The molecule has 0 atom stereocenters. The molecule has 0 spiro atoms. The van der Waals surface area contributed by atoms with Gasteiger partial charge in [-0.2, -0.15) is 0 Å². The van der Waals surface area contributed by atoms with E-state index in [1.165, 1.54) is 12.1 Å². The van der Waals surface area contributed by atoms with Crippen LogP contribution in [0.2, 0.25) is 0 Å². The predicted octanol–water partition coefficient (Wildman–Crippen LogP) is 1.80. The van der Waals surface area contributed by atoms with Crippen LogP contribution in [0.25, 0.3) is 0 Å². The van der Waals surface area contributed by atoms with Gasteiger partial charge >= 0.3 is 5.69 Å². The molecule has 1 heterocycles. The molecule has 0 aromatic carbocycles. The van der Waals surface area contributed by atoms with Crippen molar-refractivity contribution in [2.45, 2.75) is 26.4 Å². The number of nitrogens with one attached hydrogen (secondary N) is 1. The van der Waals surface area contributed by atoms with Crippen LogP contribution in [0, 0.1) is 10.1 Å². The fourth-order valence-electron chi connectivity index (χ4n) is 1.47. The van der Waals surface area contributed by atoms with E-state index in [4.69, 9.17) is 10.5 Å². The summed E-state index contributed by atoms with van der Waals surface area (Å²) in [6.45, 7) is 6.95. The zero-order valence-electron chi connectivity index (χ0n) is 10.8. The number of aromatic nitrogens is 1. The first kappa shape index (κ1) is 14.2. The number of rotatable bonds is 6. The zero-order chi connectivity index (χ0) is 13.8. The molecule has 0 bridgehead atoms. The van der Waals surface area contributed by atoms with Crippen molar-refractivity contribution < 1.29 is 9.66 Å². The fourth-order valence-corrected chi connectivity index (χ4v) is 1.47. The van der Waals surface area contributed by atoms with Crippen LogP contribution in [0.15, 0.2) is 12.1 Å². The molecular formula is C11H18N4O3. The predicted molar refractivity (Wildman–Crippen MR) is 69.5 cm³/mol. The SMILES string of the molecule is CCOC(C)(C)CNc1ccc([N+](=O)[O-])c(N)n1. The molecule has 0 fully saturated rings. The second-order valence-corrected chi connectivity index (χ2v) is 4.40. The first-order valence-corrected chi connectivity index (χ1v) is 5.64. The number of nitrogen functional groups attached to an aromatic ring is 1. The van der Waals surface area contributed by atoms with E-state index < -0.39 is 4.92 Å². The maximum absolute atomic E-state index is 10.6. The van der Waals surface area contributed by atoms with Crippen LogP contribution in [-0.2, 0) is 4.74 Å². The summed E-state index contributed by atoms with van der Waals surface area (Å²) in [5.74, 6) is 0.394. The van der Waals surface area contributed by atoms with Gasteiger partial charge in [0.2, 0.25) is 5.82 Å². The summed E-state index contributed by atoms with van der Waals surface area (Å²) in [7, 11) is 0. The number of nitro groups is 1. The van der Waals surface area contributed by atoms with E-state index in [-0.39, 0.29) is 17.1 Å². The highest BCUT2D eigenvalue weighted by Crippen LogP contribution is 2.21. The van der Waals surface area contributed by atoms with Crippen molar-refractivity contribution in [3.63, 3.8) is 0 Å². The van der Waals surface area contributed by atoms with Crippen molar-refractivity contribution in [2.75, 3.05) is 24.2 Å². The van der Waals surface area contributed by atoms with E-state index in [2.05, 4.69) is 10.3 Å². The van der Waals surface area contributed by atoms with Crippen molar-refractivity contribution >= 4 is 17.3 Å². The lowest BCUT2D eigenvalue weighted by Gasteiger charge is -2.25. The number of pyridine rings is 1. The Labute approximate surface area is 105 Å². The molecule has 1 aromatic rings. The van der Waals surface area contributed by atoms with Crippen molar-refractivity contribution in [2.24, 2.45) is 0 Å². The molecule has 0 saturated heterocycles. The molecule has 0 radical (unpaired) electrons. The zero-order valence-corrected chi connectivity index (χ0v) is 10.8. The van der Waals surface area contributed by atoms with Crippen LogP contribution in [0.1, 0.15) is 20.8 Å². The van der Waals surface area contributed by atoms with E-state index >= 15 is 0 Å². The third-order valence-corrected chi connectivity index (χ3v) is 2.33. The molecule has 1 aromatic heterocycles. The Morgan fingerprint density at radius 2 is 2.22 bits per heavy atom. The average Bonchev–Trinajstić information content (AvgIpc) is 2.26. The monoisotopic (exact) mass is 254 g/mol. The topological polar surface area (TPSA) is 103 Å².